The molecule has 3 aromatic heterocycles. The van der Waals surface area contributed by atoms with Gasteiger partial charge in [0.2, 0.25) is 0 Å². The van der Waals surface area contributed by atoms with Gasteiger partial charge in [-0.2, -0.15) is 0 Å². The molecule has 9 rings (SSSR count). The van der Waals surface area contributed by atoms with Crippen molar-refractivity contribution in [2.45, 2.75) is 0 Å². The van der Waals surface area contributed by atoms with Crippen LogP contribution in [0, 0.1) is 0 Å². The first-order valence-corrected chi connectivity index (χ1v) is 16.1. The monoisotopic (exact) mass is 612 g/mol. The summed E-state index contributed by atoms with van der Waals surface area (Å²) >= 11 is 0. The van der Waals surface area contributed by atoms with Crippen LogP contribution in [-0.2, 0) is 0 Å². The van der Waals surface area contributed by atoms with Crippen LogP contribution in [-0.4, -0.2) is 19.9 Å². The second-order valence-electron chi connectivity index (χ2n) is 11.9. The van der Waals surface area contributed by atoms with E-state index in [2.05, 4.69) is 121 Å². The average molecular weight is 613 g/mol. The van der Waals surface area contributed by atoms with E-state index in [-0.39, 0.29) is 0 Å². The van der Waals surface area contributed by atoms with Crippen LogP contribution in [0.3, 0.4) is 0 Å². The molecule has 0 saturated carbocycles. The van der Waals surface area contributed by atoms with E-state index in [1.165, 1.54) is 10.8 Å². The predicted octanol–water partition coefficient (Wildman–Crippen LogP) is 11.1. The first-order chi connectivity index (χ1) is 23.7. The lowest BCUT2D eigenvalue weighted by Gasteiger charge is -2.10. The van der Waals surface area contributed by atoms with Gasteiger partial charge in [-0.05, 0) is 58.3 Å². The Kier molecular flexibility index (Phi) is 6.76. The molecule has 0 aliphatic heterocycles. The summed E-state index contributed by atoms with van der Waals surface area (Å²) < 4.78 is 0. The minimum absolute atomic E-state index is 0.598. The molecule has 0 N–H and O–H groups in total. The van der Waals surface area contributed by atoms with Crippen molar-refractivity contribution in [1.82, 2.24) is 19.9 Å². The highest BCUT2D eigenvalue weighted by Crippen LogP contribution is 2.32. The summed E-state index contributed by atoms with van der Waals surface area (Å²) in [6.07, 6.45) is 0. The molecular formula is C44H28N4. The first kappa shape index (κ1) is 27.8. The van der Waals surface area contributed by atoms with Gasteiger partial charge in [0.25, 0.3) is 0 Å². The fourth-order valence-corrected chi connectivity index (χ4v) is 6.40. The van der Waals surface area contributed by atoms with Crippen LogP contribution in [0.1, 0.15) is 0 Å². The standard InChI is InChI=1S/C44H28N4/c1-3-11-30(12-4-1)42-28-43(31-13-5-2-6-14-31)48-44(47-42)40-25-20-32-18-19-34(27-41(32)46-40)33-21-23-38-35(26-33)22-24-39(45-38)37-17-9-15-29-10-7-8-16-36(29)37/h1-28H. The molecule has 48 heavy (non-hydrogen) atoms. The van der Waals surface area contributed by atoms with Crippen LogP contribution in [0.15, 0.2) is 170 Å². The third-order valence-electron chi connectivity index (χ3n) is 8.87. The van der Waals surface area contributed by atoms with Gasteiger partial charge in [-0.25, -0.2) is 19.9 Å². The lowest BCUT2D eigenvalue weighted by Crippen LogP contribution is -1.97. The summed E-state index contributed by atoms with van der Waals surface area (Å²) in [5.74, 6) is 0.598. The number of fused-ring (bicyclic) bond motifs is 3. The summed E-state index contributed by atoms with van der Waals surface area (Å²) in [6.45, 7) is 0. The minimum Gasteiger partial charge on any atom is -0.248 e. The summed E-state index contributed by atoms with van der Waals surface area (Å²) in [7, 11) is 0. The van der Waals surface area contributed by atoms with Gasteiger partial charge in [0.05, 0.1) is 28.1 Å². The van der Waals surface area contributed by atoms with E-state index in [0.717, 1.165) is 72.4 Å². The van der Waals surface area contributed by atoms with Crippen molar-refractivity contribution in [2.75, 3.05) is 0 Å². The van der Waals surface area contributed by atoms with Gasteiger partial charge in [-0.3, -0.25) is 0 Å². The third kappa shape index (κ3) is 5.16. The molecule has 224 valence electrons. The van der Waals surface area contributed by atoms with Gasteiger partial charge in [-0.15, -0.1) is 0 Å². The molecule has 0 radical (unpaired) electrons. The number of aromatic nitrogens is 4. The topological polar surface area (TPSA) is 51.6 Å². The Labute approximate surface area is 278 Å². The summed E-state index contributed by atoms with van der Waals surface area (Å²) in [5, 5.41) is 4.58. The maximum atomic E-state index is 5.10. The van der Waals surface area contributed by atoms with Crippen LogP contribution in [0.4, 0.5) is 0 Å². The zero-order chi connectivity index (χ0) is 31.9. The lowest BCUT2D eigenvalue weighted by molar-refractivity contribution is 1.16. The van der Waals surface area contributed by atoms with Gasteiger partial charge in [0.1, 0.15) is 5.69 Å². The van der Waals surface area contributed by atoms with E-state index in [9.17, 15) is 0 Å². The van der Waals surface area contributed by atoms with Gasteiger partial charge in [0, 0.05) is 27.5 Å². The minimum atomic E-state index is 0.598. The Morgan fingerprint density at radius 3 is 1.69 bits per heavy atom. The van der Waals surface area contributed by atoms with E-state index in [1.807, 2.05) is 48.5 Å². The van der Waals surface area contributed by atoms with Crippen molar-refractivity contribution in [3.8, 4) is 56.4 Å². The van der Waals surface area contributed by atoms with E-state index in [4.69, 9.17) is 19.9 Å². The Morgan fingerprint density at radius 2 is 0.896 bits per heavy atom. The first-order valence-electron chi connectivity index (χ1n) is 16.1. The van der Waals surface area contributed by atoms with Gasteiger partial charge in [-0.1, -0.05) is 133 Å². The average Bonchev–Trinajstić information content (AvgIpc) is 3.17. The normalized spacial score (nSPS) is 11.3. The molecule has 4 heteroatoms. The SMILES string of the molecule is c1ccc(-c2cc(-c3ccccc3)nc(-c3ccc4ccc(-c5ccc6nc(-c7cccc8ccccc78)ccc6c5)cc4n3)n2)cc1. The molecule has 0 aliphatic rings. The highest BCUT2D eigenvalue weighted by molar-refractivity contribution is 5.97. The highest BCUT2D eigenvalue weighted by atomic mass is 14.9. The van der Waals surface area contributed by atoms with Crippen molar-refractivity contribution in [2.24, 2.45) is 0 Å². The van der Waals surface area contributed by atoms with Crippen LogP contribution < -0.4 is 0 Å². The molecule has 0 amide bonds. The molecule has 0 unspecified atom stereocenters. The molecule has 3 heterocycles. The Bertz CT molecular complexity index is 2550. The van der Waals surface area contributed by atoms with E-state index in [0.29, 0.717) is 5.82 Å². The number of hydrogen-bond acceptors (Lipinski definition) is 4. The maximum absolute atomic E-state index is 5.10. The van der Waals surface area contributed by atoms with Crippen molar-refractivity contribution >= 4 is 32.6 Å². The lowest BCUT2D eigenvalue weighted by atomic mass is 9.99. The molecule has 0 atom stereocenters. The number of pyridine rings is 2. The van der Waals surface area contributed by atoms with Crippen molar-refractivity contribution in [1.29, 1.82) is 0 Å². The molecule has 4 nitrogen and oxygen atoms in total. The van der Waals surface area contributed by atoms with Crippen LogP contribution >= 0.6 is 0 Å². The molecule has 0 aliphatic carbocycles. The summed E-state index contributed by atoms with van der Waals surface area (Å²) in [6, 6.07) is 58.6. The van der Waals surface area contributed by atoms with E-state index >= 15 is 0 Å². The van der Waals surface area contributed by atoms with Crippen LogP contribution in [0.2, 0.25) is 0 Å². The Morgan fingerprint density at radius 1 is 0.292 bits per heavy atom. The zero-order valence-electron chi connectivity index (χ0n) is 26.0. The van der Waals surface area contributed by atoms with Crippen molar-refractivity contribution < 1.29 is 0 Å². The fourth-order valence-electron chi connectivity index (χ4n) is 6.40. The number of rotatable bonds is 5. The fraction of sp³-hybridized carbons (Fsp3) is 0. The highest BCUT2D eigenvalue weighted by Gasteiger charge is 2.13. The second kappa shape index (κ2) is 11.7. The molecular weight excluding hydrogens is 585 g/mol. The molecule has 0 fully saturated rings. The van der Waals surface area contributed by atoms with Crippen LogP contribution in [0.25, 0.3) is 89.0 Å². The largest absolute Gasteiger partial charge is 0.248 e. The third-order valence-corrected chi connectivity index (χ3v) is 8.87. The van der Waals surface area contributed by atoms with Gasteiger partial charge in [0.15, 0.2) is 5.82 Å². The van der Waals surface area contributed by atoms with Crippen molar-refractivity contribution in [3.63, 3.8) is 0 Å². The summed E-state index contributed by atoms with van der Waals surface area (Å²) in [5.41, 5.74) is 10.7. The van der Waals surface area contributed by atoms with Gasteiger partial charge < -0.3 is 0 Å². The Hall–Kier alpha value is -6.52. The second-order valence-corrected chi connectivity index (χ2v) is 11.9. The van der Waals surface area contributed by atoms with Crippen LogP contribution in [0.5, 0.6) is 0 Å². The predicted molar refractivity (Wildman–Crippen MR) is 197 cm³/mol. The molecule has 0 bridgehead atoms. The zero-order valence-corrected chi connectivity index (χ0v) is 26.0. The van der Waals surface area contributed by atoms with E-state index in [1.54, 1.807) is 0 Å². The Balaban J connectivity index is 1.09. The van der Waals surface area contributed by atoms with Crippen molar-refractivity contribution in [3.05, 3.63) is 170 Å². The smallest absolute Gasteiger partial charge is 0.179 e. The molecule has 6 aromatic carbocycles. The summed E-state index contributed by atoms with van der Waals surface area (Å²) in [4.78, 5) is 20.1. The molecule has 9 aromatic rings. The molecule has 0 spiro atoms. The number of hydrogen-bond donors (Lipinski definition) is 0. The quantitative estimate of drug-likeness (QED) is 0.194. The van der Waals surface area contributed by atoms with Gasteiger partial charge >= 0.3 is 0 Å². The maximum Gasteiger partial charge on any atom is 0.179 e. The molecule has 0 saturated heterocycles. The number of benzene rings is 6. The number of nitrogens with zero attached hydrogens (tertiary/aromatic N) is 4. The van der Waals surface area contributed by atoms with E-state index < -0.39 is 0 Å².